The Morgan fingerprint density at radius 3 is 2.38 bits per heavy atom. The molecular weight excluding hydrogens is 328 g/mol. The van der Waals surface area contributed by atoms with Crippen molar-refractivity contribution in [2.75, 3.05) is 31.1 Å². The molecule has 0 N–H and O–H groups in total. The number of carbonyl (C=O) groups excluding carboxylic acids is 1. The minimum Gasteiger partial charge on any atom is -0.353 e. The van der Waals surface area contributed by atoms with Crippen LogP contribution in [0.2, 0.25) is 0 Å². The number of piperazine rings is 1. The van der Waals surface area contributed by atoms with Gasteiger partial charge in [-0.1, -0.05) is 0 Å². The van der Waals surface area contributed by atoms with E-state index in [1.54, 1.807) is 0 Å². The third kappa shape index (κ3) is 3.43. The molecule has 1 aliphatic carbocycles. The van der Waals surface area contributed by atoms with Crippen molar-refractivity contribution in [1.82, 2.24) is 24.4 Å². The maximum absolute atomic E-state index is 12.3. The summed E-state index contributed by atoms with van der Waals surface area (Å²) in [6, 6.07) is 2.02. The fourth-order valence-electron chi connectivity index (χ4n) is 3.43. The van der Waals surface area contributed by atoms with E-state index in [0.717, 1.165) is 61.4 Å². The van der Waals surface area contributed by atoms with E-state index in [2.05, 4.69) is 19.9 Å². The van der Waals surface area contributed by atoms with Gasteiger partial charge in [-0.25, -0.2) is 15.0 Å². The largest absolute Gasteiger partial charge is 0.353 e. The van der Waals surface area contributed by atoms with Gasteiger partial charge in [0.2, 0.25) is 5.91 Å². The van der Waals surface area contributed by atoms with Gasteiger partial charge in [-0.05, 0) is 39.5 Å². The highest BCUT2D eigenvalue weighted by Crippen LogP contribution is 2.33. The Kier molecular flexibility index (Phi) is 4.38. The summed E-state index contributed by atoms with van der Waals surface area (Å²) in [4.78, 5) is 30.1. The summed E-state index contributed by atoms with van der Waals surface area (Å²) in [7, 11) is 0. The molecule has 3 heterocycles. The van der Waals surface area contributed by atoms with E-state index in [-0.39, 0.29) is 0 Å². The van der Waals surface area contributed by atoms with Crippen molar-refractivity contribution in [2.45, 2.75) is 40.0 Å². The molecule has 4 rings (SSSR count). The lowest BCUT2D eigenvalue weighted by Gasteiger charge is -2.35. The molecule has 0 spiro atoms. The number of imidazole rings is 1. The van der Waals surface area contributed by atoms with E-state index in [4.69, 9.17) is 0 Å². The standard InChI is InChI=1S/C19H26N6O/c1-13-14(2)25(12-20-13)18-11-17(21-15(3)22-18)23-6-8-24(9-7-23)19(26)10-16-4-5-16/h11-12,16H,4-10H2,1-3H3. The molecule has 1 aliphatic heterocycles. The van der Waals surface area contributed by atoms with Crippen LogP contribution in [0.3, 0.4) is 0 Å². The maximum atomic E-state index is 12.3. The molecule has 7 nitrogen and oxygen atoms in total. The van der Waals surface area contributed by atoms with Crippen LogP contribution >= 0.6 is 0 Å². The number of rotatable bonds is 4. The summed E-state index contributed by atoms with van der Waals surface area (Å²) in [5, 5.41) is 0. The summed E-state index contributed by atoms with van der Waals surface area (Å²) in [6.45, 7) is 9.13. The first-order chi connectivity index (χ1) is 12.5. The monoisotopic (exact) mass is 354 g/mol. The number of anilines is 1. The van der Waals surface area contributed by atoms with Gasteiger partial charge in [0.25, 0.3) is 0 Å². The molecule has 26 heavy (non-hydrogen) atoms. The smallest absolute Gasteiger partial charge is 0.222 e. The molecule has 2 fully saturated rings. The number of aryl methyl sites for hydroxylation is 2. The Balaban J connectivity index is 1.48. The minimum atomic E-state index is 0.316. The van der Waals surface area contributed by atoms with Crippen LogP contribution < -0.4 is 4.90 Å². The van der Waals surface area contributed by atoms with Crippen LogP contribution in [-0.2, 0) is 4.79 Å². The van der Waals surface area contributed by atoms with Crippen LogP contribution in [0.25, 0.3) is 5.82 Å². The minimum absolute atomic E-state index is 0.316. The molecule has 7 heteroatoms. The van der Waals surface area contributed by atoms with Crippen LogP contribution in [0.5, 0.6) is 0 Å². The molecule has 1 amide bonds. The summed E-state index contributed by atoms with van der Waals surface area (Å²) in [5.41, 5.74) is 2.09. The second kappa shape index (κ2) is 6.70. The molecule has 0 aromatic carbocycles. The molecule has 2 aliphatic rings. The number of aromatic nitrogens is 4. The zero-order valence-electron chi connectivity index (χ0n) is 15.8. The molecule has 1 saturated carbocycles. The number of carbonyl (C=O) groups is 1. The molecule has 138 valence electrons. The van der Waals surface area contributed by atoms with Gasteiger partial charge in [0.1, 0.15) is 23.8 Å². The SMILES string of the molecule is Cc1nc(N2CCN(C(=O)CC3CC3)CC2)cc(-n2cnc(C)c2C)n1. The third-order valence-corrected chi connectivity index (χ3v) is 5.43. The van der Waals surface area contributed by atoms with Gasteiger partial charge in [0.05, 0.1) is 5.69 Å². The Hall–Kier alpha value is -2.44. The van der Waals surface area contributed by atoms with Crippen molar-refractivity contribution in [3.63, 3.8) is 0 Å². The number of amides is 1. The molecule has 2 aromatic heterocycles. The van der Waals surface area contributed by atoms with Crippen LogP contribution in [0.15, 0.2) is 12.4 Å². The van der Waals surface area contributed by atoms with Crippen molar-refractivity contribution in [1.29, 1.82) is 0 Å². The average Bonchev–Trinajstić information content (AvgIpc) is 3.39. The third-order valence-electron chi connectivity index (χ3n) is 5.43. The van der Waals surface area contributed by atoms with Gasteiger partial charge in [-0.3, -0.25) is 9.36 Å². The second-order valence-corrected chi connectivity index (χ2v) is 7.43. The topological polar surface area (TPSA) is 67.2 Å². The molecule has 2 aromatic rings. The zero-order valence-corrected chi connectivity index (χ0v) is 15.8. The molecule has 0 bridgehead atoms. The molecule has 1 saturated heterocycles. The quantitative estimate of drug-likeness (QED) is 0.840. The van der Waals surface area contributed by atoms with Crippen LogP contribution in [-0.4, -0.2) is 56.5 Å². The Morgan fingerprint density at radius 1 is 1.08 bits per heavy atom. The molecule has 0 atom stereocenters. The van der Waals surface area contributed by atoms with Crippen molar-refractivity contribution < 1.29 is 4.79 Å². The van der Waals surface area contributed by atoms with E-state index >= 15 is 0 Å². The van der Waals surface area contributed by atoms with E-state index < -0.39 is 0 Å². The highest BCUT2D eigenvalue weighted by atomic mass is 16.2. The Labute approximate surface area is 154 Å². The Bertz CT molecular complexity index is 817. The first-order valence-corrected chi connectivity index (χ1v) is 9.40. The van der Waals surface area contributed by atoms with Crippen LogP contribution in [0, 0.1) is 26.7 Å². The maximum Gasteiger partial charge on any atom is 0.222 e. The fraction of sp³-hybridized carbons (Fsp3) is 0.579. The van der Waals surface area contributed by atoms with Gasteiger partial charge in [-0.15, -0.1) is 0 Å². The normalized spacial score (nSPS) is 17.7. The van der Waals surface area contributed by atoms with Gasteiger partial charge < -0.3 is 9.80 Å². The van der Waals surface area contributed by atoms with Gasteiger partial charge >= 0.3 is 0 Å². The van der Waals surface area contributed by atoms with E-state index in [0.29, 0.717) is 11.8 Å². The van der Waals surface area contributed by atoms with E-state index in [1.165, 1.54) is 12.8 Å². The van der Waals surface area contributed by atoms with Gasteiger partial charge in [-0.2, -0.15) is 0 Å². The molecule has 0 radical (unpaired) electrons. The van der Waals surface area contributed by atoms with Crippen molar-refractivity contribution in [3.05, 3.63) is 29.6 Å². The second-order valence-electron chi connectivity index (χ2n) is 7.43. The zero-order chi connectivity index (χ0) is 18.3. The Morgan fingerprint density at radius 2 is 1.77 bits per heavy atom. The van der Waals surface area contributed by atoms with Gasteiger partial charge in [0.15, 0.2) is 0 Å². The lowest BCUT2D eigenvalue weighted by molar-refractivity contribution is -0.131. The van der Waals surface area contributed by atoms with Crippen LogP contribution in [0.1, 0.15) is 36.5 Å². The van der Waals surface area contributed by atoms with Crippen molar-refractivity contribution >= 4 is 11.7 Å². The predicted octanol–water partition coefficient (Wildman–Crippen LogP) is 2.04. The molecular formula is C19H26N6O. The fourth-order valence-corrected chi connectivity index (χ4v) is 3.43. The number of hydrogen-bond donors (Lipinski definition) is 0. The summed E-state index contributed by atoms with van der Waals surface area (Å²) >= 11 is 0. The van der Waals surface area contributed by atoms with Crippen molar-refractivity contribution in [2.24, 2.45) is 5.92 Å². The first kappa shape index (κ1) is 17.0. The number of hydrogen-bond acceptors (Lipinski definition) is 5. The highest BCUT2D eigenvalue weighted by Gasteiger charge is 2.29. The van der Waals surface area contributed by atoms with Gasteiger partial charge in [0, 0.05) is 44.4 Å². The van der Waals surface area contributed by atoms with Crippen LogP contribution in [0.4, 0.5) is 5.82 Å². The highest BCUT2D eigenvalue weighted by molar-refractivity contribution is 5.77. The van der Waals surface area contributed by atoms with E-state index in [1.807, 2.05) is 42.6 Å². The predicted molar refractivity (Wildman–Crippen MR) is 99.5 cm³/mol. The summed E-state index contributed by atoms with van der Waals surface area (Å²) in [6.07, 6.45) is 4.99. The first-order valence-electron chi connectivity index (χ1n) is 9.40. The lowest BCUT2D eigenvalue weighted by atomic mass is 10.2. The average molecular weight is 354 g/mol. The summed E-state index contributed by atoms with van der Waals surface area (Å²) < 4.78 is 2.00. The van der Waals surface area contributed by atoms with Crippen molar-refractivity contribution in [3.8, 4) is 5.82 Å². The van der Waals surface area contributed by atoms with E-state index in [9.17, 15) is 4.79 Å². The lowest BCUT2D eigenvalue weighted by Crippen LogP contribution is -2.49. The summed E-state index contributed by atoms with van der Waals surface area (Å²) in [5.74, 6) is 3.48. The molecule has 0 unspecified atom stereocenters. The number of nitrogens with zero attached hydrogens (tertiary/aromatic N) is 6.